The standard InChI is InChI=1S/C20H24N2S/c1-4-16-14(3)23-12-19(16)18-11-22-20(21)17(18)10-13(2)15-8-6-5-7-9-15/h9-11,19,22H,4,6,8,12,21H2,1-3H3/b13-10+. The Kier molecular flexibility index (Phi) is 4.73. The Morgan fingerprint density at radius 3 is 3.04 bits per heavy atom. The van der Waals surface area contributed by atoms with Crippen molar-refractivity contribution in [1.82, 2.24) is 4.98 Å². The first kappa shape index (κ1) is 16.1. The molecule has 1 aliphatic heterocycles. The van der Waals surface area contributed by atoms with E-state index in [0.29, 0.717) is 5.92 Å². The van der Waals surface area contributed by atoms with E-state index in [4.69, 9.17) is 5.73 Å². The van der Waals surface area contributed by atoms with Crippen LogP contribution in [0.5, 0.6) is 0 Å². The molecule has 2 nitrogen and oxygen atoms in total. The number of hydrogen-bond acceptors (Lipinski definition) is 2. The lowest BCUT2D eigenvalue weighted by molar-refractivity contribution is 0.858. The van der Waals surface area contributed by atoms with Crippen molar-refractivity contribution in [1.29, 1.82) is 0 Å². The van der Waals surface area contributed by atoms with Crippen LogP contribution in [0.15, 0.2) is 33.9 Å². The molecule has 23 heavy (non-hydrogen) atoms. The van der Waals surface area contributed by atoms with Gasteiger partial charge < -0.3 is 10.7 Å². The van der Waals surface area contributed by atoms with Gasteiger partial charge in [-0.25, -0.2) is 0 Å². The molecule has 2 aliphatic rings. The summed E-state index contributed by atoms with van der Waals surface area (Å²) in [5.74, 6) is 8.60. The molecule has 0 radical (unpaired) electrons. The largest absolute Gasteiger partial charge is 0.385 e. The van der Waals surface area contributed by atoms with Gasteiger partial charge in [-0.15, -0.1) is 11.8 Å². The van der Waals surface area contributed by atoms with Crippen molar-refractivity contribution >= 4 is 23.7 Å². The van der Waals surface area contributed by atoms with Gasteiger partial charge in [0.15, 0.2) is 0 Å². The molecule has 3 N–H and O–H groups in total. The van der Waals surface area contributed by atoms with E-state index in [9.17, 15) is 0 Å². The average Bonchev–Trinajstić information content (AvgIpc) is 3.11. The number of rotatable bonds is 4. The molecule has 0 fully saturated rings. The van der Waals surface area contributed by atoms with E-state index in [-0.39, 0.29) is 0 Å². The zero-order valence-electron chi connectivity index (χ0n) is 14.1. The molecule has 1 aromatic heterocycles. The molecule has 0 spiro atoms. The van der Waals surface area contributed by atoms with E-state index in [0.717, 1.165) is 36.4 Å². The van der Waals surface area contributed by atoms with E-state index in [1.807, 2.05) is 17.8 Å². The van der Waals surface area contributed by atoms with Crippen LogP contribution in [0.25, 0.3) is 6.08 Å². The van der Waals surface area contributed by atoms with Crippen LogP contribution in [-0.4, -0.2) is 10.7 Å². The zero-order valence-corrected chi connectivity index (χ0v) is 14.9. The summed E-state index contributed by atoms with van der Waals surface area (Å²) in [6.07, 6.45) is 9.48. The number of thioether (sulfide) groups is 1. The predicted molar refractivity (Wildman–Crippen MR) is 102 cm³/mol. The number of H-pyrrole nitrogens is 1. The molecule has 1 atom stereocenters. The van der Waals surface area contributed by atoms with Crippen molar-refractivity contribution in [3.8, 4) is 11.8 Å². The molecule has 1 unspecified atom stereocenters. The highest BCUT2D eigenvalue weighted by molar-refractivity contribution is 8.03. The molecule has 3 heteroatoms. The molecule has 0 saturated carbocycles. The normalized spacial score (nSPS) is 21.3. The second-order valence-corrected chi connectivity index (χ2v) is 7.42. The number of nitrogens with one attached hydrogen (secondary N) is 1. The Balaban J connectivity index is 1.97. The Morgan fingerprint density at radius 1 is 1.52 bits per heavy atom. The number of aromatic nitrogens is 1. The zero-order chi connectivity index (χ0) is 16.4. The minimum absolute atomic E-state index is 0.484. The molecule has 0 aromatic carbocycles. The van der Waals surface area contributed by atoms with Gasteiger partial charge in [-0.3, -0.25) is 0 Å². The van der Waals surface area contributed by atoms with Crippen LogP contribution in [-0.2, 0) is 0 Å². The minimum atomic E-state index is 0.484. The lowest BCUT2D eigenvalue weighted by Gasteiger charge is -2.15. The van der Waals surface area contributed by atoms with Crippen LogP contribution in [0.2, 0.25) is 0 Å². The first-order chi connectivity index (χ1) is 11.1. The average molecular weight is 324 g/mol. The third kappa shape index (κ3) is 3.14. The Labute approximate surface area is 143 Å². The maximum absolute atomic E-state index is 6.24. The third-order valence-corrected chi connectivity index (χ3v) is 6.01. The van der Waals surface area contributed by atoms with E-state index in [1.165, 1.54) is 21.6 Å². The maximum atomic E-state index is 6.24. The van der Waals surface area contributed by atoms with Gasteiger partial charge in [0.05, 0.1) is 0 Å². The van der Waals surface area contributed by atoms with Gasteiger partial charge in [0, 0.05) is 29.9 Å². The molecule has 3 rings (SSSR count). The molecular formula is C20H24N2S. The third-order valence-electron chi connectivity index (χ3n) is 4.82. The minimum Gasteiger partial charge on any atom is -0.385 e. The van der Waals surface area contributed by atoms with Crippen LogP contribution in [0.1, 0.15) is 57.1 Å². The van der Waals surface area contributed by atoms with Gasteiger partial charge in [0.1, 0.15) is 5.82 Å². The molecule has 0 bridgehead atoms. The van der Waals surface area contributed by atoms with Crippen LogP contribution < -0.4 is 5.73 Å². The first-order valence-corrected chi connectivity index (χ1v) is 9.25. The predicted octanol–water partition coefficient (Wildman–Crippen LogP) is 5.24. The number of allylic oxidation sites excluding steroid dienone is 5. The van der Waals surface area contributed by atoms with Crippen LogP contribution >= 0.6 is 11.8 Å². The number of hydrogen-bond donors (Lipinski definition) is 2. The first-order valence-electron chi connectivity index (χ1n) is 8.27. The fourth-order valence-electron chi connectivity index (χ4n) is 3.44. The van der Waals surface area contributed by atoms with Gasteiger partial charge in [0.25, 0.3) is 0 Å². The maximum Gasteiger partial charge on any atom is 0.108 e. The smallest absolute Gasteiger partial charge is 0.108 e. The van der Waals surface area contributed by atoms with E-state index in [2.05, 4.69) is 49.9 Å². The summed E-state index contributed by atoms with van der Waals surface area (Å²) in [6.45, 7) is 6.66. The number of nitrogen functional groups attached to an aromatic ring is 1. The second kappa shape index (κ2) is 6.76. The summed E-state index contributed by atoms with van der Waals surface area (Å²) in [5, 5.41) is 0. The monoisotopic (exact) mass is 324 g/mol. The summed E-state index contributed by atoms with van der Waals surface area (Å²) in [6, 6.07) is 0. The van der Waals surface area contributed by atoms with Crippen molar-refractivity contribution in [2.75, 3.05) is 11.5 Å². The summed E-state index contributed by atoms with van der Waals surface area (Å²) in [4.78, 5) is 4.72. The van der Waals surface area contributed by atoms with Crippen molar-refractivity contribution in [2.45, 2.75) is 46.0 Å². The van der Waals surface area contributed by atoms with E-state index < -0.39 is 0 Å². The molecular weight excluding hydrogens is 300 g/mol. The molecule has 0 amide bonds. The van der Waals surface area contributed by atoms with Crippen LogP contribution in [0, 0.1) is 11.8 Å². The van der Waals surface area contributed by atoms with Gasteiger partial charge in [0.2, 0.25) is 0 Å². The van der Waals surface area contributed by atoms with Crippen molar-refractivity contribution in [3.05, 3.63) is 45.0 Å². The summed E-state index contributed by atoms with van der Waals surface area (Å²) >= 11 is 1.97. The molecule has 120 valence electrons. The highest BCUT2D eigenvalue weighted by Gasteiger charge is 2.27. The lowest BCUT2D eigenvalue weighted by Crippen LogP contribution is -2.02. The molecule has 2 heterocycles. The fourth-order valence-corrected chi connectivity index (χ4v) is 4.70. The van der Waals surface area contributed by atoms with Crippen molar-refractivity contribution in [2.24, 2.45) is 0 Å². The summed E-state index contributed by atoms with van der Waals surface area (Å²) in [7, 11) is 0. The number of aromatic amines is 1. The lowest BCUT2D eigenvalue weighted by atomic mass is 9.89. The molecule has 0 saturated heterocycles. The Morgan fingerprint density at radius 2 is 2.35 bits per heavy atom. The summed E-state index contributed by atoms with van der Waals surface area (Å²) in [5.41, 5.74) is 12.9. The highest BCUT2D eigenvalue weighted by Crippen LogP contribution is 2.45. The summed E-state index contributed by atoms with van der Waals surface area (Å²) < 4.78 is 0. The Bertz CT molecular complexity index is 765. The number of nitrogens with two attached hydrogens (primary N) is 1. The fraction of sp³-hybridized carbons (Fsp3) is 0.400. The van der Waals surface area contributed by atoms with E-state index >= 15 is 0 Å². The molecule has 1 aliphatic carbocycles. The topological polar surface area (TPSA) is 41.8 Å². The van der Waals surface area contributed by atoms with Gasteiger partial charge in [-0.05, 0) is 60.5 Å². The number of anilines is 1. The van der Waals surface area contributed by atoms with Gasteiger partial charge in [-0.1, -0.05) is 24.3 Å². The van der Waals surface area contributed by atoms with E-state index in [1.54, 1.807) is 5.57 Å². The Hall–Kier alpha value is -1.79. The molecule has 1 aromatic rings. The van der Waals surface area contributed by atoms with Crippen molar-refractivity contribution in [3.63, 3.8) is 0 Å². The second-order valence-electron chi connectivity index (χ2n) is 6.19. The van der Waals surface area contributed by atoms with Gasteiger partial charge >= 0.3 is 0 Å². The SMILES string of the molecule is CCC1=C(C)SCC1c1c[nH]c(N)c1/C=C(\C)C1=CC#CCC1. The van der Waals surface area contributed by atoms with Gasteiger partial charge in [-0.2, -0.15) is 0 Å². The van der Waals surface area contributed by atoms with Crippen LogP contribution in [0.3, 0.4) is 0 Å². The quantitative estimate of drug-likeness (QED) is 0.744. The highest BCUT2D eigenvalue weighted by atomic mass is 32.2. The van der Waals surface area contributed by atoms with Crippen molar-refractivity contribution < 1.29 is 0 Å². The van der Waals surface area contributed by atoms with Crippen LogP contribution in [0.4, 0.5) is 5.82 Å².